The number of rotatable bonds is 1. The maximum absolute atomic E-state index is 12.5. The maximum atomic E-state index is 12.5. The van der Waals surface area contributed by atoms with Crippen LogP contribution in [0.4, 0.5) is 13.2 Å². The third kappa shape index (κ3) is 1.99. The van der Waals surface area contributed by atoms with Gasteiger partial charge in [0, 0.05) is 19.2 Å². The van der Waals surface area contributed by atoms with Crippen LogP contribution in [0.3, 0.4) is 0 Å². The lowest BCUT2D eigenvalue weighted by Crippen LogP contribution is -2.05. The first kappa shape index (κ1) is 11.9. The van der Waals surface area contributed by atoms with Crippen molar-refractivity contribution in [3.63, 3.8) is 0 Å². The summed E-state index contributed by atoms with van der Waals surface area (Å²) in [5.41, 5.74) is -0.00821. The maximum Gasteiger partial charge on any atom is 0.417 e. The first-order valence-electron chi connectivity index (χ1n) is 5.20. The molecule has 92 valence electrons. The SMILES string of the molecule is CC(C)c1nc2cc(C(F)(F)F)cnc2n1C. The number of pyridine rings is 1. The van der Waals surface area contributed by atoms with Gasteiger partial charge in [0.15, 0.2) is 5.65 Å². The van der Waals surface area contributed by atoms with E-state index < -0.39 is 11.7 Å². The second-order valence-corrected chi connectivity index (χ2v) is 4.25. The minimum Gasteiger partial charge on any atom is -0.316 e. The predicted octanol–water partition coefficient (Wildman–Crippen LogP) is 3.11. The van der Waals surface area contributed by atoms with Gasteiger partial charge in [-0.15, -0.1) is 0 Å². The Kier molecular flexibility index (Phi) is 2.60. The summed E-state index contributed by atoms with van der Waals surface area (Å²) in [6.45, 7) is 3.87. The number of hydrogen-bond donors (Lipinski definition) is 0. The highest BCUT2D eigenvalue weighted by Crippen LogP contribution is 2.30. The average Bonchev–Trinajstić information content (AvgIpc) is 2.54. The van der Waals surface area contributed by atoms with Crippen molar-refractivity contribution in [3.05, 3.63) is 23.7 Å². The van der Waals surface area contributed by atoms with Crippen LogP contribution in [-0.2, 0) is 13.2 Å². The van der Waals surface area contributed by atoms with Gasteiger partial charge in [0.1, 0.15) is 11.3 Å². The monoisotopic (exact) mass is 243 g/mol. The Morgan fingerprint density at radius 2 is 1.94 bits per heavy atom. The lowest BCUT2D eigenvalue weighted by molar-refractivity contribution is -0.137. The van der Waals surface area contributed by atoms with E-state index in [1.54, 1.807) is 11.6 Å². The van der Waals surface area contributed by atoms with Gasteiger partial charge in [0.05, 0.1) is 5.56 Å². The third-order valence-electron chi connectivity index (χ3n) is 2.59. The van der Waals surface area contributed by atoms with E-state index in [0.29, 0.717) is 5.65 Å². The molecule has 0 saturated carbocycles. The van der Waals surface area contributed by atoms with Crippen molar-refractivity contribution in [2.75, 3.05) is 0 Å². The van der Waals surface area contributed by atoms with Crippen molar-refractivity contribution in [3.8, 4) is 0 Å². The molecule has 2 aromatic heterocycles. The molecule has 0 N–H and O–H groups in total. The standard InChI is InChI=1S/C11H12F3N3/c1-6(2)9-16-8-4-7(11(12,13)14)5-15-10(8)17(9)3/h4-6H,1-3H3. The minimum atomic E-state index is -4.38. The Labute approximate surface area is 96.3 Å². The highest BCUT2D eigenvalue weighted by molar-refractivity contribution is 5.72. The fourth-order valence-corrected chi connectivity index (χ4v) is 1.76. The molecule has 0 aliphatic carbocycles. The van der Waals surface area contributed by atoms with Gasteiger partial charge in [-0.25, -0.2) is 9.97 Å². The zero-order valence-electron chi connectivity index (χ0n) is 9.71. The highest BCUT2D eigenvalue weighted by atomic mass is 19.4. The van der Waals surface area contributed by atoms with Crippen LogP contribution in [-0.4, -0.2) is 14.5 Å². The van der Waals surface area contributed by atoms with Crippen LogP contribution in [0.15, 0.2) is 12.3 Å². The van der Waals surface area contributed by atoms with Gasteiger partial charge in [-0.1, -0.05) is 13.8 Å². The van der Waals surface area contributed by atoms with E-state index in [4.69, 9.17) is 0 Å². The Hall–Kier alpha value is -1.59. The van der Waals surface area contributed by atoms with Crippen molar-refractivity contribution in [2.24, 2.45) is 7.05 Å². The summed E-state index contributed by atoms with van der Waals surface area (Å²) < 4.78 is 39.2. The molecular formula is C11H12F3N3. The second-order valence-electron chi connectivity index (χ2n) is 4.25. The van der Waals surface area contributed by atoms with Gasteiger partial charge < -0.3 is 4.57 Å². The molecule has 0 bridgehead atoms. The Morgan fingerprint density at radius 1 is 1.29 bits per heavy atom. The number of nitrogens with zero attached hydrogens (tertiary/aromatic N) is 3. The molecule has 0 aromatic carbocycles. The number of imidazole rings is 1. The van der Waals surface area contributed by atoms with Gasteiger partial charge in [-0.05, 0) is 6.07 Å². The molecular weight excluding hydrogens is 231 g/mol. The van der Waals surface area contributed by atoms with Gasteiger partial charge in [0.25, 0.3) is 0 Å². The van der Waals surface area contributed by atoms with Crippen molar-refractivity contribution in [1.82, 2.24) is 14.5 Å². The number of aromatic nitrogens is 3. The van der Waals surface area contributed by atoms with E-state index >= 15 is 0 Å². The fraction of sp³-hybridized carbons (Fsp3) is 0.455. The number of hydrogen-bond acceptors (Lipinski definition) is 2. The van der Waals surface area contributed by atoms with E-state index in [1.165, 1.54) is 0 Å². The van der Waals surface area contributed by atoms with Crippen LogP contribution in [0.2, 0.25) is 0 Å². The summed E-state index contributed by atoms with van der Waals surface area (Å²) in [4.78, 5) is 8.02. The fourth-order valence-electron chi connectivity index (χ4n) is 1.76. The first-order valence-corrected chi connectivity index (χ1v) is 5.20. The van der Waals surface area contributed by atoms with E-state index in [-0.39, 0.29) is 11.4 Å². The van der Waals surface area contributed by atoms with Crippen LogP contribution < -0.4 is 0 Å². The number of halogens is 3. The second kappa shape index (κ2) is 3.72. The summed E-state index contributed by atoms with van der Waals surface area (Å²) in [6, 6.07) is 1.04. The van der Waals surface area contributed by atoms with Crippen LogP contribution in [0.5, 0.6) is 0 Å². The van der Waals surface area contributed by atoms with Crippen LogP contribution >= 0.6 is 0 Å². The van der Waals surface area contributed by atoms with Crippen molar-refractivity contribution >= 4 is 11.2 Å². The van der Waals surface area contributed by atoms with Crippen LogP contribution in [0.1, 0.15) is 31.2 Å². The first-order chi connectivity index (χ1) is 7.80. The molecule has 0 aliphatic rings. The zero-order valence-corrected chi connectivity index (χ0v) is 9.71. The summed E-state index contributed by atoms with van der Waals surface area (Å²) in [5.74, 6) is 0.871. The third-order valence-corrected chi connectivity index (χ3v) is 2.59. The van der Waals surface area contributed by atoms with Crippen molar-refractivity contribution in [1.29, 1.82) is 0 Å². The summed E-state index contributed by atoms with van der Waals surface area (Å²) in [6.07, 6.45) is -3.54. The molecule has 0 amide bonds. The number of fused-ring (bicyclic) bond motifs is 1. The van der Waals surface area contributed by atoms with Gasteiger partial charge in [0.2, 0.25) is 0 Å². The lowest BCUT2D eigenvalue weighted by Gasteiger charge is -2.05. The van der Waals surface area contributed by atoms with E-state index in [1.807, 2.05) is 13.8 Å². The molecule has 2 rings (SSSR count). The molecule has 0 unspecified atom stereocenters. The lowest BCUT2D eigenvalue weighted by atomic mass is 10.2. The van der Waals surface area contributed by atoms with Gasteiger partial charge >= 0.3 is 6.18 Å². The Morgan fingerprint density at radius 3 is 2.47 bits per heavy atom. The van der Waals surface area contributed by atoms with E-state index in [0.717, 1.165) is 18.1 Å². The average molecular weight is 243 g/mol. The minimum absolute atomic E-state index is 0.142. The molecule has 0 aliphatic heterocycles. The predicted molar refractivity (Wildman–Crippen MR) is 57.6 cm³/mol. The number of alkyl halides is 3. The molecule has 0 atom stereocenters. The molecule has 0 saturated heterocycles. The molecule has 3 nitrogen and oxygen atoms in total. The summed E-state index contributed by atoms with van der Waals surface area (Å²) >= 11 is 0. The zero-order chi connectivity index (χ0) is 12.8. The van der Waals surface area contributed by atoms with Crippen LogP contribution in [0, 0.1) is 0 Å². The smallest absolute Gasteiger partial charge is 0.316 e. The van der Waals surface area contributed by atoms with Gasteiger partial charge in [-0.2, -0.15) is 13.2 Å². The van der Waals surface area contributed by atoms with Gasteiger partial charge in [-0.3, -0.25) is 0 Å². The Balaban J connectivity index is 2.64. The largest absolute Gasteiger partial charge is 0.417 e. The Bertz CT molecular complexity index is 555. The quantitative estimate of drug-likeness (QED) is 0.770. The van der Waals surface area contributed by atoms with E-state index in [9.17, 15) is 13.2 Å². The molecule has 0 spiro atoms. The van der Waals surface area contributed by atoms with Crippen molar-refractivity contribution < 1.29 is 13.2 Å². The molecule has 0 radical (unpaired) electrons. The number of aryl methyl sites for hydroxylation is 1. The molecule has 6 heteroatoms. The molecule has 2 aromatic rings. The van der Waals surface area contributed by atoms with Crippen molar-refractivity contribution in [2.45, 2.75) is 25.9 Å². The molecule has 0 fully saturated rings. The van der Waals surface area contributed by atoms with Crippen LogP contribution in [0.25, 0.3) is 11.2 Å². The normalized spacial score (nSPS) is 12.6. The molecule has 2 heterocycles. The summed E-state index contributed by atoms with van der Waals surface area (Å²) in [7, 11) is 1.75. The van der Waals surface area contributed by atoms with E-state index in [2.05, 4.69) is 9.97 Å². The summed E-state index contributed by atoms with van der Waals surface area (Å²) in [5, 5.41) is 0. The highest BCUT2D eigenvalue weighted by Gasteiger charge is 2.31. The molecule has 17 heavy (non-hydrogen) atoms. The topological polar surface area (TPSA) is 30.7 Å².